The molecule has 0 radical (unpaired) electrons. The minimum absolute atomic E-state index is 0.0370. The minimum Gasteiger partial charge on any atom is -0.462 e. The molecule has 1 N–H and O–H groups in total. The molecule has 0 saturated carbocycles. The predicted octanol–water partition coefficient (Wildman–Crippen LogP) is 27.8. The van der Waals surface area contributed by atoms with Crippen molar-refractivity contribution < 1.29 is 42.1 Å². The summed E-state index contributed by atoms with van der Waals surface area (Å²) in [7, 11) is 1.51. The number of quaternary nitrogens is 1. The van der Waals surface area contributed by atoms with Crippen LogP contribution >= 0.6 is 7.82 Å². The van der Waals surface area contributed by atoms with Crippen LogP contribution in [0, 0.1) is 0 Å². The van der Waals surface area contributed by atoms with Gasteiger partial charge in [0.1, 0.15) is 19.8 Å². The van der Waals surface area contributed by atoms with Gasteiger partial charge in [0.05, 0.1) is 27.7 Å². The minimum atomic E-state index is -4.39. The largest absolute Gasteiger partial charge is 0.472 e. The third kappa shape index (κ3) is 79.6. The predicted molar refractivity (Wildman–Crippen MR) is 405 cm³/mol. The van der Waals surface area contributed by atoms with E-state index in [1.54, 1.807) is 0 Å². The number of hydrogen-bond acceptors (Lipinski definition) is 7. The Bertz CT molecular complexity index is 1570. The van der Waals surface area contributed by atoms with Gasteiger partial charge >= 0.3 is 19.8 Å². The van der Waals surface area contributed by atoms with Crippen molar-refractivity contribution in [2.24, 2.45) is 0 Å². The van der Waals surface area contributed by atoms with E-state index in [0.717, 1.165) is 38.5 Å². The van der Waals surface area contributed by atoms with Crippen molar-refractivity contribution in [1.82, 2.24) is 0 Å². The number of phosphoric acid groups is 1. The fraction of sp³-hybridized carbons (Fsp3) is 0.952. The molecule has 0 amide bonds. The average Bonchev–Trinajstić information content (AvgIpc) is 2.30. The number of esters is 2. The Balaban J connectivity index is 3.86. The molecule has 0 saturated heterocycles. The number of ether oxygens (including phenoxy) is 2. The topological polar surface area (TPSA) is 108 Å². The highest BCUT2D eigenvalue weighted by molar-refractivity contribution is 7.47. The number of unbranched alkanes of at least 4 members (excludes halogenated alkanes) is 64. The molecule has 93 heavy (non-hydrogen) atoms. The summed E-state index contributed by atoms with van der Waals surface area (Å²) in [4.78, 5) is 36.0. The number of carbonyl (C=O) groups is 2. The van der Waals surface area contributed by atoms with Gasteiger partial charge in [-0.1, -0.05) is 418 Å². The van der Waals surface area contributed by atoms with Crippen LogP contribution in [-0.2, 0) is 32.7 Å². The van der Waals surface area contributed by atoms with Crippen LogP contribution in [0.2, 0.25) is 0 Å². The standard InChI is InChI=1S/C83H164NO8P/c1-6-8-10-12-14-16-18-20-22-24-26-28-30-32-34-36-38-40-41-42-44-45-47-49-51-53-55-57-59-61-63-65-67-69-71-73-75-82(85)89-79-81(80-91-93(87,88)90-78-77-84(3,4)5)92-83(86)76-74-72-70-68-66-64-62-60-58-56-54-52-50-48-46-43-39-37-35-33-31-29-27-25-23-21-19-17-15-13-11-9-7-2/h25,27,81H,6-24,26,28-80H2,1-5H3/p+1/b27-25-. The molecule has 2 atom stereocenters. The van der Waals surface area contributed by atoms with E-state index >= 15 is 0 Å². The van der Waals surface area contributed by atoms with E-state index in [9.17, 15) is 19.0 Å². The molecule has 10 heteroatoms. The molecule has 0 bridgehead atoms. The van der Waals surface area contributed by atoms with Crippen molar-refractivity contribution in [2.75, 3.05) is 47.5 Å². The second kappa shape index (κ2) is 75.0. The van der Waals surface area contributed by atoms with Crippen molar-refractivity contribution in [2.45, 2.75) is 463 Å². The van der Waals surface area contributed by atoms with Crippen LogP contribution in [0.15, 0.2) is 12.2 Å². The summed E-state index contributed by atoms with van der Waals surface area (Å²) in [6.07, 6.45) is 95.3. The van der Waals surface area contributed by atoms with E-state index in [-0.39, 0.29) is 25.6 Å². The first kappa shape index (κ1) is 91.8. The second-order valence-electron chi connectivity index (χ2n) is 30.2. The van der Waals surface area contributed by atoms with Gasteiger partial charge in [0, 0.05) is 12.8 Å². The molecule has 0 spiro atoms. The first-order chi connectivity index (χ1) is 45.5. The van der Waals surface area contributed by atoms with Gasteiger partial charge in [-0.3, -0.25) is 18.6 Å². The van der Waals surface area contributed by atoms with Gasteiger partial charge in [-0.2, -0.15) is 0 Å². The SMILES string of the molecule is CCCCCCCCCC/C=C\CCCCCCCCCCCCCCCCCCCCCCCC(=O)OC(COC(=O)CCCCCCCCCCCCCCCCCCCCCCCCCCCCCCCCCCCCCC)COP(=O)(O)OCC[N+](C)(C)C. The highest BCUT2D eigenvalue weighted by atomic mass is 31.2. The van der Waals surface area contributed by atoms with Gasteiger partial charge in [0.25, 0.3) is 0 Å². The summed E-state index contributed by atoms with van der Waals surface area (Å²) >= 11 is 0. The third-order valence-electron chi connectivity index (χ3n) is 19.5. The van der Waals surface area contributed by atoms with Crippen molar-refractivity contribution in [3.05, 3.63) is 12.2 Å². The maximum Gasteiger partial charge on any atom is 0.472 e. The molecule has 0 aromatic rings. The lowest BCUT2D eigenvalue weighted by Crippen LogP contribution is -2.37. The summed E-state index contributed by atoms with van der Waals surface area (Å²) in [5.74, 6) is -0.766. The van der Waals surface area contributed by atoms with Gasteiger partial charge in [-0.05, 0) is 38.5 Å². The molecule has 0 aliphatic rings. The molecule has 0 fully saturated rings. The number of nitrogens with zero attached hydrogens (tertiary/aromatic N) is 1. The number of hydrogen-bond donors (Lipinski definition) is 1. The van der Waals surface area contributed by atoms with Crippen molar-refractivity contribution in [3.63, 3.8) is 0 Å². The van der Waals surface area contributed by atoms with Crippen LogP contribution < -0.4 is 0 Å². The van der Waals surface area contributed by atoms with Crippen LogP contribution in [0.25, 0.3) is 0 Å². The Morgan fingerprint density at radius 1 is 0.323 bits per heavy atom. The summed E-state index contributed by atoms with van der Waals surface area (Å²) in [5, 5.41) is 0. The Labute approximate surface area is 581 Å². The second-order valence-corrected chi connectivity index (χ2v) is 31.7. The Hall–Kier alpha value is -1.25. The van der Waals surface area contributed by atoms with Gasteiger partial charge in [-0.25, -0.2) is 4.57 Å². The van der Waals surface area contributed by atoms with E-state index in [2.05, 4.69) is 26.0 Å². The molecular formula is C83H165NO8P+. The van der Waals surface area contributed by atoms with E-state index in [1.807, 2.05) is 21.1 Å². The third-order valence-corrected chi connectivity index (χ3v) is 20.5. The normalized spacial score (nSPS) is 13.0. The zero-order chi connectivity index (χ0) is 67.6. The fourth-order valence-electron chi connectivity index (χ4n) is 13.1. The molecule has 0 rings (SSSR count). The summed E-state index contributed by atoms with van der Waals surface area (Å²) in [5.41, 5.74) is 0. The molecule has 2 unspecified atom stereocenters. The zero-order valence-electron chi connectivity index (χ0n) is 63.6. The van der Waals surface area contributed by atoms with Crippen LogP contribution in [-0.4, -0.2) is 74.9 Å². The van der Waals surface area contributed by atoms with Gasteiger partial charge < -0.3 is 18.9 Å². The number of carbonyl (C=O) groups excluding carboxylic acids is 2. The van der Waals surface area contributed by atoms with E-state index < -0.39 is 26.5 Å². The van der Waals surface area contributed by atoms with Crippen molar-refractivity contribution in [3.8, 4) is 0 Å². The van der Waals surface area contributed by atoms with Gasteiger partial charge in [0.2, 0.25) is 0 Å². The van der Waals surface area contributed by atoms with Gasteiger partial charge in [-0.15, -0.1) is 0 Å². The smallest absolute Gasteiger partial charge is 0.462 e. The maximum absolute atomic E-state index is 12.9. The summed E-state index contributed by atoms with van der Waals surface area (Å²) in [6.45, 7) is 4.54. The molecule has 0 aliphatic heterocycles. The summed E-state index contributed by atoms with van der Waals surface area (Å²) < 4.78 is 34.9. The average molecular weight is 1340 g/mol. The molecule has 0 heterocycles. The van der Waals surface area contributed by atoms with Crippen LogP contribution in [0.5, 0.6) is 0 Å². The number of phosphoric ester groups is 1. The van der Waals surface area contributed by atoms with E-state index in [0.29, 0.717) is 17.4 Å². The van der Waals surface area contributed by atoms with E-state index in [4.69, 9.17) is 18.5 Å². The van der Waals surface area contributed by atoms with Crippen LogP contribution in [0.1, 0.15) is 457 Å². The van der Waals surface area contributed by atoms with Crippen molar-refractivity contribution in [1.29, 1.82) is 0 Å². The lowest BCUT2D eigenvalue weighted by molar-refractivity contribution is -0.870. The van der Waals surface area contributed by atoms with Crippen molar-refractivity contribution >= 4 is 19.8 Å². The number of rotatable bonds is 80. The highest BCUT2D eigenvalue weighted by Crippen LogP contribution is 2.43. The highest BCUT2D eigenvalue weighted by Gasteiger charge is 2.27. The maximum atomic E-state index is 12.9. The first-order valence-electron chi connectivity index (χ1n) is 41.9. The fourth-order valence-corrected chi connectivity index (χ4v) is 13.9. The van der Waals surface area contributed by atoms with Gasteiger partial charge in [0.15, 0.2) is 6.10 Å². The zero-order valence-corrected chi connectivity index (χ0v) is 64.4. The molecule has 0 aromatic heterocycles. The monoisotopic (exact) mass is 1340 g/mol. The summed E-state index contributed by atoms with van der Waals surface area (Å²) in [6, 6.07) is 0. The van der Waals surface area contributed by atoms with Crippen LogP contribution in [0.4, 0.5) is 0 Å². The lowest BCUT2D eigenvalue weighted by atomic mass is 10.0. The molecule has 9 nitrogen and oxygen atoms in total. The lowest BCUT2D eigenvalue weighted by Gasteiger charge is -2.24. The first-order valence-corrected chi connectivity index (χ1v) is 43.4. The Morgan fingerprint density at radius 3 is 0.796 bits per heavy atom. The van der Waals surface area contributed by atoms with Crippen LogP contribution in [0.3, 0.4) is 0 Å². The molecule has 0 aromatic carbocycles. The quantitative estimate of drug-likeness (QED) is 0.0211. The molecule has 0 aliphatic carbocycles. The number of likely N-dealkylation sites (N-methyl/N-ethyl adjacent to an activating group) is 1. The Morgan fingerprint density at radius 2 is 0.548 bits per heavy atom. The Kier molecular flexibility index (Phi) is 74.0. The molecular weight excluding hydrogens is 1170 g/mol. The molecule has 554 valence electrons. The number of allylic oxidation sites excluding steroid dienone is 2. The van der Waals surface area contributed by atoms with E-state index in [1.165, 1.54) is 392 Å².